The Bertz CT molecular complexity index is 757. The maximum absolute atomic E-state index is 4.50. The Balaban J connectivity index is 1.74. The van der Waals surface area contributed by atoms with Crippen molar-refractivity contribution in [2.75, 3.05) is 0 Å². The van der Waals surface area contributed by atoms with Gasteiger partial charge in [-0.05, 0) is 36.6 Å². The summed E-state index contributed by atoms with van der Waals surface area (Å²) in [5, 5.41) is 4.74. The van der Waals surface area contributed by atoms with Gasteiger partial charge in [-0.3, -0.25) is 4.98 Å². The van der Waals surface area contributed by atoms with Crippen LogP contribution in [0.3, 0.4) is 0 Å². The fraction of sp³-hybridized carbons (Fsp3) is 0.211. The fourth-order valence-electron chi connectivity index (χ4n) is 2.63. The predicted molar refractivity (Wildman–Crippen MR) is 88.2 cm³/mol. The van der Waals surface area contributed by atoms with Gasteiger partial charge >= 0.3 is 0 Å². The first-order valence-corrected chi connectivity index (χ1v) is 7.33. The monoisotopic (exact) mass is 276 g/mol. The molecule has 0 aliphatic heterocycles. The number of aryl methyl sites for hydroxylation is 2. The Labute approximate surface area is 125 Å². The molecule has 0 atom stereocenters. The van der Waals surface area contributed by atoms with Crippen LogP contribution in [0.2, 0.25) is 0 Å². The number of nitrogens with one attached hydrogen (secondary N) is 1. The molecule has 0 bridgehead atoms. The van der Waals surface area contributed by atoms with Crippen molar-refractivity contribution >= 4 is 10.9 Å². The molecule has 2 nitrogen and oxygen atoms in total. The lowest BCUT2D eigenvalue weighted by molar-refractivity contribution is 0.692. The average Bonchev–Trinajstić information content (AvgIpc) is 2.51. The highest BCUT2D eigenvalue weighted by atomic mass is 14.9. The lowest BCUT2D eigenvalue weighted by Crippen LogP contribution is -2.14. The van der Waals surface area contributed by atoms with Gasteiger partial charge in [0.25, 0.3) is 0 Å². The van der Waals surface area contributed by atoms with Gasteiger partial charge in [-0.25, -0.2) is 0 Å². The average molecular weight is 276 g/mol. The molecule has 2 heteroatoms. The molecule has 0 spiro atoms. The first kappa shape index (κ1) is 13.8. The number of nitrogens with zero attached hydrogens (tertiary/aromatic N) is 1. The molecular formula is C19H20N2. The topological polar surface area (TPSA) is 24.9 Å². The van der Waals surface area contributed by atoms with Crippen molar-refractivity contribution in [3.63, 3.8) is 0 Å². The smallest absolute Gasteiger partial charge is 0.0746 e. The summed E-state index contributed by atoms with van der Waals surface area (Å²) in [7, 11) is 0. The van der Waals surface area contributed by atoms with Crippen molar-refractivity contribution in [3.8, 4) is 0 Å². The normalized spacial score (nSPS) is 11.0. The molecule has 0 aliphatic rings. The number of hydrogen-bond acceptors (Lipinski definition) is 2. The summed E-state index contributed by atoms with van der Waals surface area (Å²) < 4.78 is 0. The number of fused-ring (bicyclic) bond motifs is 1. The number of benzene rings is 2. The minimum atomic E-state index is 0.835. The van der Waals surface area contributed by atoms with Crippen molar-refractivity contribution in [1.82, 2.24) is 10.3 Å². The molecule has 0 fully saturated rings. The summed E-state index contributed by atoms with van der Waals surface area (Å²) in [4.78, 5) is 4.50. The van der Waals surface area contributed by atoms with Crippen LogP contribution in [0.15, 0.2) is 54.7 Å². The lowest BCUT2D eigenvalue weighted by atomic mass is 10.1. The third-order valence-corrected chi connectivity index (χ3v) is 3.85. The van der Waals surface area contributed by atoms with E-state index in [0.717, 1.165) is 18.6 Å². The molecule has 0 amide bonds. The molecule has 106 valence electrons. The van der Waals surface area contributed by atoms with Crippen LogP contribution in [-0.4, -0.2) is 4.98 Å². The maximum Gasteiger partial charge on any atom is 0.0746 e. The van der Waals surface area contributed by atoms with E-state index in [1.54, 1.807) is 0 Å². The van der Waals surface area contributed by atoms with Gasteiger partial charge in [0.1, 0.15) is 0 Å². The van der Waals surface area contributed by atoms with E-state index in [1.165, 1.54) is 27.6 Å². The van der Waals surface area contributed by atoms with Gasteiger partial charge in [-0.15, -0.1) is 0 Å². The van der Waals surface area contributed by atoms with Gasteiger partial charge < -0.3 is 5.32 Å². The minimum Gasteiger partial charge on any atom is -0.309 e. The number of para-hydroxylation sites is 1. The number of hydrogen-bond donors (Lipinski definition) is 1. The Kier molecular flexibility index (Phi) is 3.98. The SMILES string of the molecule is Cc1ccc(C)c(CNCc2cccc3cccnc23)c1. The standard InChI is InChI=1S/C19H20N2/c1-14-8-9-15(2)18(11-14)13-20-12-17-6-3-5-16-7-4-10-21-19(16)17/h3-11,20H,12-13H2,1-2H3. The maximum atomic E-state index is 4.50. The molecule has 1 heterocycles. The zero-order valence-corrected chi connectivity index (χ0v) is 12.6. The molecule has 3 aromatic rings. The quantitative estimate of drug-likeness (QED) is 0.774. The molecule has 3 rings (SSSR count). The summed E-state index contributed by atoms with van der Waals surface area (Å²) in [5.74, 6) is 0. The van der Waals surface area contributed by atoms with Gasteiger partial charge in [0.15, 0.2) is 0 Å². The van der Waals surface area contributed by atoms with Gasteiger partial charge in [-0.2, -0.15) is 0 Å². The van der Waals surface area contributed by atoms with Crippen LogP contribution in [0, 0.1) is 13.8 Å². The summed E-state index contributed by atoms with van der Waals surface area (Å²) in [5.41, 5.74) is 6.35. The van der Waals surface area contributed by atoms with Crippen LogP contribution in [0.1, 0.15) is 22.3 Å². The highest BCUT2D eigenvalue weighted by Gasteiger charge is 2.02. The predicted octanol–water partition coefficient (Wildman–Crippen LogP) is 4.14. The third-order valence-electron chi connectivity index (χ3n) is 3.85. The molecule has 1 N–H and O–H groups in total. The van der Waals surface area contributed by atoms with E-state index in [0.29, 0.717) is 0 Å². The van der Waals surface area contributed by atoms with Crippen molar-refractivity contribution in [2.24, 2.45) is 0 Å². The van der Waals surface area contributed by atoms with Gasteiger partial charge in [0.2, 0.25) is 0 Å². The third kappa shape index (κ3) is 3.11. The van der Waals surface area contributed by atoms with Crippen LogP contribution < -0.4 is 5.32 Å². The highest BCUT2D eigenvalue weighted by molar-refractivity contribution is 5.81. The fourth-order valence-corrected chi connectivity index (χ4v) is 2.63. The van der Waals surface area contributed by atoms with Crippen LogP contribution >= 0.6 is 0 Å². The summed E-state index contributed by atoms with van der Waals surface area (Å²) in [6.07, 6.45) is 1.86. The zero-order chi connectivity index (χ0) is 14.7. The van der Waals surface area contributed by atoms with E-state index in [4.69, 9.17) is 0 Å². The second-order valence-corrected chi connectivity index (χ2v) is 5.53. The van der Waals surface area contributed by atoms with Crippen molar-refractivity contribution in [1.29, 1.82) is 0 Å². The number of pyridine rings is 1. The minimum absolute atomic E-state index is 0.835. The van der Waals surface area contributed by atoms with Gasteiger partial charge in [-0.1, -0.05) is 48.0 Å². The van der Waals surface area contributed by atoms with E-state index in [2.05, 4.69) is 66.6 Å². The molecule has 2 aromatic carbocycles. The molecule has 0 saturated heterocycles. The first-order valence-electron chi connectivity index (χ1n) is 7.33. The van der Waals surface area contributed by atoms with Gasteiger partial charge in [0.05, 0.1) is 5.52 Å². The summed E-state index contributed by atoms with van der Waals surface area (Å²) in [6, 6.07) is 17.0. The van der Waals surface area contributed by atoms with Crippen LogP contribution in [0.25, 0.3) is 10.9 Å². The first-order chi connectivity index (χ1) is 10.2. The Morgan fingerprint density at radius 1 is 0.905 bits per heavy atom. The number of rotatable bonds is 4. The zero-order valence-electron chi connectivity index (χ0n) is 12.6. The second kappa shape index (κ2) is 6.06. The molecule has 0 aliphatic carbocycles. The largest absolute Gasteiger partial charge is 0.309 e. The second-order valence-electron chi connectivity index (χ2n) is 5.53. The van der Waals surface area contributed by atoms with Crippen molar-refractivity contribution < 1.29 is 0 Å². The molecule has 1 aromatic heterocycles. The molecule has 0 saturated carbocycles. The highest BCUT2D eigenvalue weighted by Crippen LogP contribution is 2.16. The lowest BCUT2D eigenvalue weighted by Gasteiger charge is -2.10. The van der Waals surface area contributed by atoms with E-state index in [-0.39, 0.29) is 0 Å². The van der Waals surface area contributed by atoms with E-state index in [9.17, 15) is 0 Å². The van der Waals surface area contributed by atoms with Gasteiger partial charge in [0, 0.05) is 24.7 Å². The molecular weight excluding hydrogens is 256 g/mol. The number of aromatic nitrogens is 1. The van der Waals surface area contributed by atoms with Crippen LogP contribution in [-0.2, 0) is 13.1 Å². The molecule has 0 radical (unpaired) electrons. The summed E-state index contributed by atoms with van der Waals surface area (Å²) in [6.45, 7) is 6.02. The van der Waals surface area contributed by atoms with Crippen LogP contribution in [0.4, 0.5) is 0 Å². The van der Waals surface area contributed by atoms with Crippen molar-refractivity contribution in [2.45, 2.75) is 26.9 Å². The van der Waals surface area contributed by atoms with E-state index >= 15 is 0 Å². The Morgan fingerprint density at radius 3 is 2.62 bits per heavy atom. The summed E-state index contributed by atoms with van der Waals surface area (Å²) >= 11 is 0. The van der Waals surface area contributed by atoms with Crippen molar-refractivity contribution in [3.05, 3.63) is 77.0 Å². The molecule has 21 heavy (non-hydrogen) atoms. The Hall–Kier alpha value is -2.19. The molecule has 0 unspecified atom stereocenters. The van der Waals surface area contributed by atoms with Crippen LogP contribution in [0.5, 0.6) is 0 Å². The Morgan fingerprint density at radius 2 is 1.71 bits per heavy atom. The van der Waals surface area contributed by atoms with E-state index < -0.39 is 0 Å². The van der Waals surface area contributed by atoms with E-state index in [1.807, 2.05) is 12.3 Å².